The Hall–Kier alpha value is -9.64. The summed E-state index contributed by atoms with van der Waals surface area (Å²) in [4.78, 5) is 21.1. The van der Waals surface area contributed by atoms with Gasteiger partial charge in [0.15, 0.2) is 17.5 Å². The van der Waals surface area contributed by atoms with Gasteiger partial charge in [0, 0.05) is 33.0 Å². The predicted octanol–water partition coefficient (Wildman–Crippen LogP) is 17.1. The average Bonchev–Trinajstić information content (AvgIpc) is 3.95. The number of hydrogen-bond donors (Lipinski definition) is 0. The standard InChI is InChI=1S/C69H42N4/c1-3-20-43(21-4-1)66-71-67(44-22-5-2-6-23-44)73-68(72-66)47-41-45(48-38-39-57(51-25-8-7-24-50(48)51)65-56-30-10-9-26-52(56)55-29-14-18-37-63(55)70-65)40-46(42-47)49-32-19-36-62-64(49)58-31-13-17-35-61(58)69(62)59-33-15-11-27-53(59)54-28-12-16-34-60(54)69/h1-42H. The number of aromatic nitrogens is 4. The van der Waals surface area contributed by atoms with Crippen LogP contribution < -0.4 is 0 Å². The van der Waals surface area contributed by atoms with Crippen molar-refractivity contribution in [3.05, 3.63) is 277 Å². The fraction of sp³-hybridized carbons (Fsp3) is 0.0145. The summed E-state index contributed by atoms with van der Waals surface area (Å²) in [5.41, 5.74) is 20.0. The van der Waals surface area contributed by atoms with Crippen molar-refractivity contribution in [3.8, 4) is 89.9 Å². The van der Waals surface area contributed by atoms with E-state index in [9.17, 15) is 0 Å². The third kappa shape index (κ3) is 6.20. The molecule has 2 aliphatic rings. The summed E-state index contributed by atoms with van der Waals surface area (Å²) in [5.74, 6) is 1.85. The number of nitrogens with zero attached hydrogens (tertiary/aromatic N) is 4. The summed E-state index contributed by atoms with van der Waals surface area (Å²) < 4.78 is 0. The van der Waals surface area contributed by atoms with Gasteiger partial charge in [0.1, 0.15) is 0 Å². The second-order valence-electron chi connectivity index (χ2n) is 19.2. The maximum Gasteiger partial charge on any atom is 0.164 e. The Balaban J connectivity index is 1.00. The van der Waals surface area contributed by atoms with Crippen molar-refractivity contribution in [2.24, 2.45) is 0 Å². The van der Waals surface area contributed by atoms with Crippen LogP contribution in [0.2, 0.25) is 0 Å². The van der Waals surface area contributed by atoms with Gasteiger partial charge in [-0.2, -0.15) is 0 Å². The molecular weight excluding hydrogens is 885 g/mol. The van der Waals surface area contributed by atoms with Crippen LogP contribution in [-0.2, 0) is 5.41 Å². The molecule has 2 heterocycles. The van der Waals surface area contributed by atoms with Crippen molar-refractivity contribution in [1.82, 2.24) is 19.9 Å². The predicted molar refractivity (Wildman–Crippen MR) is 299 cm³/mol. The Morgan fingerprint density at radius 1 is 0.233 bits per heavy atom. The van der Waals surface area contributed by atoms with E-state index >= 15 is 0 Å². The van der Waals surface area contributed by atoms with E-state index in [-0.39, 0.29) is 0 Å². The van der Waals surface area contributed by atoms with E-state index in [0.717, 1.165) is 77.3 Å². The van der Waals surface area contributed by atoms with Crippen LogP contribution in [0.25, 0.3) is 122 Å². The van der Waals surface area contributed by atoms with Gasteiger partial charge in [-0.1, -0.05) is 231 Å². The van der Waals surface area contributed by atoms with Crippen molar-refractivity contribution in [2.45, 2.75) is 5.41 Å². The van der Waals surface area contributed by atoms with Crippen LogP contribution in [0.3, 0.4) is 0 Å². The highest BCUT2D eigenvalue weighted by Gasteiger charge is 2.52. The number of para-hydroxylation sites is 1. The van der Waals surface area contributed by atoms with Crippen LogP contribution in [0.4, 0.5) is 0 Å². The first-order valence-electron chi connectivity index (χ1n) is 25.0. The Kier molecular flexibility index (Phi) is 9.14. The van der Waals surface area contributed by atoms with Gasteiger partial charge in [-0.3, -0.25) is 0 Å². The van der Waals surface area contributed by atoms with Crippen molar-refractivity contribution in [3.63, 3.8) is 0 Å². The molecule has 338 valence electrons. The van der Waals surface area contributed by atoms with Crippen molar-refractivity contribution < 1.29 is 0 Å². The zero-order valence-corrected chi connectivity index (χ0v) is 39.5. The van der Waals surface area contributed by atoms with Gasteiger partial charge >= 0.3 is 0 Å². The second kappa shape index (κ2) is 16.2. The summed E-state index contributed by atoms with van der Waals surface area (Å²) in [7, 11) is 0. The first-order valence-corrected chi connectivity index (χ1v) is 25.0. The smallest absolute Gasteiger partial charge is 0.164 e. The lowest BCUT2D eigenvalue weighted by Gasteiger charge is -2.30. The quantitative estimate of drug-likeness (QED) is 0.156. The Morgan fingerprint density at radius 2 is 0.658 bits per heavy atom. The maximum absolute atomic E-state index is 5.39. The number of benzene rings is 11. The molecule has 73 heavy (non-hydrogen) atoms. The van der Waals surface area contributed by atoms with Crippen LogP contribution >= 0.6 is 0 Å². The fourth-order valence-corrected chi connectivity index (χ4v) is 12.3. The molecule has 13 aromatic rings. The van der Waals surface area contributed by atoms with Gasteiger partial charge in [0.05, 0.1) is 16.6 Å². The van der Waals surface area contributed by atoms with Gasteiger partial charge < -0.3 is 0 Å². The fourth-order valence-electron chi connectivity index (χ4n) is 12.3. The summed E-state index contributed by atoms with van der Waals surface area (Å²) in [5, 5.41) is 5.74. The normalized spacial score (nSPS) is 12.8. The molecule has 2 aromatic heterocycles. The van der Waals surface area contributed by atoms with Crippen LogP contribution in [0.1, 0.15) is 22.3 Å². The Bertz CT molecular complexity index is 4280. The summed E-state index contributed by atoms with van der Waals surface area (Å²) in [6, 6.07) is 91.8. The Labute approximate surface area is 422 Å². The first kappa shape index (κ1) is 41.2. The zero-order valence-electron chi connectivity index (χ0n) is 39.5. The molecule has 0 bridgehead atoms. The molecule has 0 fully saturated rings. The number of pyridine rings is 1. The minimum absolute atomic E-state index is 0.480. The molecular formula is C69H42N4. The highest BCUT2D eigenvalue weighted by molar-refractivity contribution is 6.15. The van der Waals surface area contributed by atoms with Gasteiger partial charge in [0.25, 0.3) is 0 Å². The summed E-state index contributed by atoms with van der Waals surface area (Å²) >= 11 is 0. The minimum atomic E-state index is -0.480. The third-order valence-corrected chi connectivity index (χ3v) is 15.3. The Morgan fingerprint density at radius 3 is 1.30 bits per heavy atom. The number of fused-ring (bicyclic) bond motifs is 14. The van der Waals surface area contributed by atoms with E-state index in [1.807, 2.05) is 36.4 Å². The SMILES string of the molecule is c1ccc(-c2nc(-c3ccccc3)nc(-c3cc(-c4cccc5c4-c4ccccc4C54c5ccccc5-c5ccccc54)cc(-c4ccc(-c5nc6ccccc6c6ccccc56)c5ccccc45)c3)n2)cc1. The molecule has 0 radical (unpaired) electrons. The average molecular weight is 927 g/mol. The largest absolute Gasteiger partial charge is 0.247 e. The maximum atomic E-state index is 5.39. The summed E-state index contributed by atoms with van der Waals surface area (Å²) in [6.07, 6.45) is 0. The van der Waals surface area contributed by atoms with Crippen LogP contribution in [0, 0.1) is 0 Å². The van der Waals surface area contributed by atoms with Gasteiger partial charge in [0.2, 0.25) is 0 Å². The molecule has 15 rings (SSSR count). The van der Waals surface area contributed by atoms with E-state index in [4.69, 9.17) is 19.9 Å². The molecule has 0 amide bonds. The van der Waals surface area contributed by atoms with E-state index in [0.29, 0.717) is 17.5 Å². The van der Waals surface area contributed by atoms with Crippen LogP contribution in [0.5, 0.6) is 0 Å². The van der Waals surface area contributed by atoms with E-state index in [1.165, 1.54) is 49.9 Å². The van der Waals surface area contributed by atoms with Crippen molar-refractivity contribution in [2.75, 3.05) is 0 Å². The van der Waals surface area contributed by atoms with Gasteiger partial charge in [-0.25, -0.2) is 19.9 Å². The highest BCUT2D eigenvalue weighted by Crippen LogP contribution is 2.64. The molecule has 0 saturated carbocycles. The molecule has 0 atom stereocenters. The highest BCUT2D eigenvalue weighted by atomic mass is 15.0. The molecule has 4 heteroatoms. The van der Waals surface area contributed by atoms with Crippen molar-refractivity contribution >= 4 is 32.4 Å². The molecule has 4 nitrogen and oxygen atoms in total. The lowest BCUT2D eigenvalue weighted by atomic mass is 9.70. The van der Waals surface area contributed by atoms with E-state index < -0.39 is 5.41 Å². The van der Waals surface area contributed by atoms with Gasteiger partial charge in [-0.15, -0.1) is 0 Å². The second-order valence-corrected chi connectivity index (χ2v) is 19.2. The lowest BCUT2D eigenvalue weighted by molar-refractivity contribution is 0.794. The van der Waals surface area contributed by atoms with E-state index in [2.05, 4.69) is 218 Å². The molecule has 0 N–H and O–H groups in total. The van der Waals surface area contributed by atoms with Gasteiger partial charge in [-0.05, 0) is 107 Å². The molecule has 0 aliphatic heterocycles. The molecule has 1 spiro atoms. The molecule has 2 aliphatic carbocycles. The third-order valence-electron chi connectivity index (χ3n) is 15.3. The van der Waals surface area contributed by atoms with E-state index in [1.54, 1.807) is 0 Å². The van der Waals surface area contributed by atoms with Crippen LogP contribution in [0.15, 0.2) is 255 Å². The minimum Gasteiger partial charge on any atom is -0.247 e. The zero-order chi connectivity index (χ0) is 48.0. The van der Waals surface area contributed by atoms with Crippen LogP contribution in [-0.4, -0.2) is 19.9 Å². The molecule has 0 unspecified atom stereocenters. The monoisotopic (exact) mass is 926 g/mol. The summed E-state index contributed by atoms with van der Waals surface area (Å²) in [6.45, 7) is 0. The molecule has 0 saturated heterocycles. The topological polar surface area (TPSA) is 51.6 Å². The van der Waals surface area contributed by atoms with Crippen molar-refractivity contribution in [1.29, 1.82) is 0 Å². The lowest BCUT2D eigenvalue weighted by Crippen LogP contribution is -2.25. The molecule has 11 aromatic carbocycles. The first-order chi connectivity index (χ1) is 36.2. The number of hydrogen-bond acceptors (Lipinski definition) is 4. The number of rotatable bonds is 6.